The van der Waals surface area contributed by atoms with Crippen molar-refractivity contribution in [2.24, 2.45) is 0 Å². The lowest BCUT2D eigenvalue weighted by Gasteiger charge is -2.07. The highest BCUT2D eigenvalue weighted by molar-refractivity contribution is 5.81. The average Bonchev–Trinajstić information content (AvgIpc) is 2.43. The average molecular weight is 276 g/mol. The number of ether oxygens (including phenoxy) is 1. The maximum atomic E-state index is 12.2. The smallest absolute Gasteiger partial charge is 0.261 e. The van der Waals surface area contributed by atoms with Crippen LogP contribution in [0.1, 0.15) is 0 Å². The van der Waals surface area contributed by atoms with Gasteiger partial charge in [-0.15, -0.1) is 0 Å². The van der Waals surface area contributed by atoms with Crippen molar-refractivity contribution in [1.82, 2.24) is 14.9 Å². The van der Waals surface area contributed by atoms with Crippen molar-refractivity contribution in [3.63, 3.8) is 0 Å². The number of nitrogen functional groups attached to an aromatic ring is 1. The van der Waals surface area contributed by atoms with Crippen molar-refractivity contribution in [2.45, 2.75) is 6.54 Å². The highest BCUT2D eigenvalue weighted by atomic mass is 16.5. The third kappa shape index (κ3) is 3.12. The van der Waals surface area contributed by atoms with Crippen molar-refractivity contribution in [1.29, 1.82) is 0 Å². The molecule has 7 nitrogen and oxygen atoms in total. The Kier molecular flexibility index (Phi) is 4.31. The second-order valence-corrected chi connectivity index (χ2v) is 4.30. The molecule has 0 atom stereocenters. The number of methoxy groups -OCH3 is 1. The first-order valence-corrected chi connectivity index (χ1v) is 6.12. The first kappa shape index (κ1) is 14.0. The van der Waals surface area contributed by atoms with E-state index in [1.165, 1.54) is 10.9 Å². The Bertz CT molecular complexity index is 681. The van der Waals surface area contributed by atoms with Crippen LogP contribution in [-0.4, -0.2) is 35.7 Å². The lowest BCUT2D eigenvalue weighted by Crippen LogP contribution is -2.34. The van der Waals surface area contributed by atoms with Crippen LogP contribution in [0.15, 0.2) is 29.3 Å². The molecular formula is C13H16N4O3. The minimum Gasteiger partial charge on any atom is -0.399 e. The fourth-order valence-electron chi connectivity index (χ4n) is 1.79. The summed E-state index contributed by atoms with van der Waals surface area (Å²) in [6, 6.07) is 4.91. The zero-order valence-corrected chi connectivity index (χ0v) is 11.1. The molecule has 1 aromatic carbocycles. The minimum absolute atomic E-state index is 0.0830. The molecular weight excluding hydrogens is 260 g/mol. The summed E-state index contributed by atoms with van der Waals surface area (Å²) in [5, 5.41) is 3.04. The van der Waals surface area contributed by atoms with Crippen molar-refractivity contribution in [3.05, 3.63) is 34.9 Å². The van der Waals surface area contributed by atoms with Gasteiger partial charge in [-0.3, -0.25) is 14.2 Å². The first-order valence-electron chi connectivity index (χ1n) is 6.12. The van der Waals surface area contributed by atoms with Gasteiger partial charge in [0.25, 0.3) is 5.56 Å². The van der Waals surface area contributed by atoms with E-state index in [-0.39, 0.29) is 18.0 Å². The van der Waals surface area contributed by atoms with Crippen LogP contribution in [-0.2, 0) is 16.1 Å². The molecule has 1 heterocycles. The van der Waals surface area contributed by atoms with Crippen LogP contribution in [0.2, 0.25) is 0 Å². The van der Waals surface area contributed by atoms with Gasteiger partial charge in [0.15, 0.2) is 0 Å². The van der Waals surface area contributed by atoms with Gasteiger partial charge in [0.05, 0.1) is 23.8 Å². The molecule has 106 valence electrons. The summed E-state index contributed by atoms with van der Waals surface area (Å²) in [7, 11) is 1.55. The third-order valence-corrected chi connectivity index (χ3v) is 2.79. The normalized spacial score (nSPS) is 10.7. The van der Waals surface area contributed by atoms with Gasteiger partial charge in [0, 0.05) is 19.3 Å². The molecule has 1 amide bonds. The molecule has 0 saturated heterocycles. The van der Waals surface area contributed by atoms with Crippen LogP contribution in [0.25, 0.3) is 10.9 Å². The van der Waals surface area contributed by atoms with Crippen molar-refractivity contribution in [2.75, 3.05) is 26.0 Å². The van der Waals surface area contributed by atoms with Crippen molar-refractivity contribution >= 4 is 22.5 Å². The van der Waals surface area contributed by atoms with Gasteiger partial charge < -0.3 is 15.8 Å². The first-order chi connectivity index (χ1) is 9.61. The number of benzene rings is 1. The van der Waals surface area contributed by atoms with Crippen LogP contribution < -0.4 is 16.6 Å². The summed E-state index contributed by atoms with van der Waals surface area (Å²) in [5.74, 6) is -0.269. The van der Waals surface area contributed by atoms with E-state index < -0.39 is 0 Å². The Morgan fingerprint density at radius 2 is 2.30 bits per heavy atom. The van der Waals surface area contributed by atoms with E-state index in [9.17, 15) is 9.59 Å². The van der Waals surface area contributed by atoms with Gasteiger partial charge in [-0.1, -0.05) is 0 Å². The standard InChI is InChI=1S/C13H16N4O3/c1-20-5-4-15-12(18)7-17-8-16-11-3-2-9(14)6-10(11)13(17)19/h2-3,6,8H,4-5,7,14H2,1H3,(H,15,18). The summed E-state index contributed by atoms with van der Waals surface area (Å²) < 4.78 is 6.08. The number of anilines is 1. The molecule has 20 heavy (non-hydrogen) atoms. The predicted molar refractivity (Wildman–Crippen MR) is 75.3 cm³/mol. The molecule has 0 fully saturated rings. The molecule has 0 aliphatic rings. The molecule has 0 unspecified atom stereocenters. The number of nitrogens with zero attached hydrogens (tertiary/aromatic N) is 2. The fraction of sp³-hybridized carbons (Fsp3) is 0.308. The molecule has 7 heteroatoms. The zero-order valence-electron chi connectivity index (χ0n) is 11.1. The molecule has 0 aliphatic carbocycles. The Labute approximate surface area is 115 Å². The molecule has 0 bridgehead atoms. The van der Waals surface area contributed by atoms with Crippen LogP contribution in [0.5, 0.6) is 0 Å². The number of rotatable bonds is 5. The number of aromatic nitrogens is 2. The van der Waals surface area contributed by atoms with Crippen molar-refractivity contribution in [3.8, 4) is 0 Å². The van der Waals surface area contributed by atoms with Gasteiger partial charge in [0.1, 0.15) is 6.54 Å². The second kappa shape index (κ2) is 6.16. The van der Waals surface area contributed by atoms with E-state index in [0.29, 0.717) is 29.7 Å². The number of hydrogen-bond acceptors (Lipinski definition) is 5. The van der Waals surface area contributed by atoms with E-state index in [4.69, 9.17) is 10.5 Å². The number of nitrogens with two attached hydrogens (primary N) is 1. The second-order valence-electron chi connectivity index (χ2n) is 4.30. The van der Waals surface area contributed by atoms with Crippen LogP contribution in [0, 0.1) is 0 Å². The quantitative estimate of drug-likeness (QED) is 0.579. The number of hydrogen-bond donors (Lipinski definition) is 2. The zero-order chi connectivity index (χ0) is 14.5. The largest absolute Gasteiger partial charge is 0.399 e. The highest BCUT2D eigenvalue weighted by Crippen LogP contribution is 2.10. The number of carbonyl (C=O) groups excluding carboxylic acids is 1. The van der Waals surface area contributed by atoms with E-state index in [1.807, 2.05) is 0 Å². The molecule has 0 radical (unpaired) electrons. The summed E-state index contributed by atoms with van der Waals surface area (Å²) in [6.07, 6.45) is 1.36. The summed E-state index contributed by atoms with van der Waals surface area (Å²) in [6.45, 7) is 0.742. The van der Waals surface area contributed by atoms with Gasteiger partial charge in [-0.25, -0.2) is 4.98 Å². The van der Waals surface area contributed by atoms with Gasteiger partial charge in [-0.2, -0.15) is 0 Å². The van der Waals surface area contributed by atoms with Gasteiger partial charge in [-0.05, 0) is 18.2 Å². The summed E-state index contributed by atoms with van der Waals surface area (Å²) >= 11 is 0. The lowest BCUT2D eigenvalue weighted by atomic mass is 10.2. The Balaban J connectivity index is 2.21. The molecule has 3 N–H and O–H groups in total. The molecule has 2 rings (SSSR count). The monoisotopic (exact) mass is 276 g/mol. The Morgan fingerprint density at radius 1 is 1.50 bits per heavy atom. The molecule has 0 aliphatic heterocycles. The van der Waals surface area contributed by atoms with Crippen molar-refractivity contribution < 1.29 is 9.53 Å². The molecule has 0 saturated carbocycles. The summed E-state index contributed by atoms with van der Waals surface area (Å²) in [4.78, 5) is 28.0. The van der Waals surface area contributed by atoms with Crippen LogP contribution >= 0.6 is 0 Å². The Morgan fingerprint density at radius 3 is 3.05 bits per heavy atom. The Hall–Kier alpha value is -2.41. The van der Waals surface area contributed by atoms with Gasteiger partial charge in [0.2, 0.25) is 5.91 Å². The topological polar surface area (TPSA) is 99.2 Å². The number of carbonyl (C=O) groups is 1. The highest BCUT2D eigenvalue weighted by Gasteiger charge is 2.08. The van der Waals surface area contributed by atoms with Crippen LogP contribution in [0.3, 0.4) is 0 Å². The number of nitrogens with one attached hydrogen (secondary N) is 1. The predicted octanol–water partition coefficient (Wildman–Crippen LogP) is -0.259. The maximum absolute atomic E-state index is 12.2. The van der Waals surface area contributed by atoms with E-state index in [0.717, 1.165) is 0 Å². The lowest BCUT2D eigenvalue weighted by molar-refractivity contribution is -0.121. The third-order valence-electron chi connectivity index (χ3n) is 2.79. The fourth-order valence-corrected chi connectivity index (χ4v) is 1.79. The van der Waals surface area contributed by atoms with Crippen LogP contribution in [0.4, 0.5) is 5.69 Å². The maximum Gasteiger partial charge on any atom is 0.261 e. The SMILES string of the molecule is COCCNC(=O)Cn1cnc2ccc(N)cc2c1=O. The van der Waals surface area contributed by atoms with E-state index in [2.05, 4.69) is 10.3 Å². The van der Waals surface area contributed by atoms with E-state index >= 15 is 0 Å². The minimum atomic E-state index is -0.288. The summed E-state index contributed by atoms with van der Waals surface area (Å²) in [5.41, 5.74) is 6.41. The molecule has 2 aromatic rings. The number of fused-ring (bicyclic) bond motifs is 1. The number of amides is 1. The molecule has 0 spiro atoms. The van der Waals surface area contributed by atoms with Gasteiger partial charge >= 0.3 is 0 Å². The molecule has 1 aromatic heterocycles. The van der Waals surface area contributed by atoms with E-state index in [1.54, 1.807) is 25.3 Å².